The fourth-order valence-corrected chi connectivity index (χ4v) is 5.55. The third-order valence-electron chi connectivity index (χ3n) is 7.16. The van der Waals surface area contributed by atoms with E-state index < -0.39 is 0 Å². The molecule has 31 heavy (non-hydrogen) atoms. The van der Waals surface area contributed by atoms with Crippen molar-refractivity contribution in [2.45, 2.75) is 46.5 Å². The van der Waals surface area contributed by atoms with Crippen LogP contribution in [-0.4, -0.2) is 60.2 Å². The first kappa shape index (κ1) is 21.8. The van der Waals surface area contributed by atoms with Gasteiger partial charge in [0.1, 0.15) is 0 Å². The molecule has 0 aromatic heterocycles. The number of carbonyl (C=O) groups is 3. The Balaban J connectivity index is 1.31. The molecule has 3 atom stereocenters. The fourth-order valence-electron chi connectivity index (χ4n) is 5.55. The number of aryl methyl sites for hydroxylation is 1. The van der Waals surface area contributed by atoms with Crippen LogP contribution in [0.2, 0.25) is 0 Å². The van der Waals surface area contributed by atoms with E-state index in [1.165, 1.54) is 6.42 Å². The first-order valence-electron chi connectivity index (χ1n) is 11.8. The molecule has 0 N–H and O–H groups in total. The molecule has 1 aromatic rings. The highest BCUT2D eigenvalue weighted by Crippen LogP contribution is 2.29. The highest BCUT2D eigenvalue weighted by molar-refractivity contribution is 6.00. The Hall–Kier alpha value is -2.37. The standard InChI is InChI=1S/C25H35N3O3/c1-17-4-6-22(7-5-17)28-16-21(13-23(28)29)25(31)26-10-8-20(9-11-26)24(30)27-14-18(2)12-19(3)15-27/h4-7,18-21H,8-16H2,1-3H3/t18-,19-,21+/m0/s1. The van der Waals surface area contributed by atoms with Gasteiger partial charge in [0.15, 0.2) is 0 Å². The number of carbonyl (C=O) groups excluding carboxylic acids is 3. The maximum absolute atomic E-state index is 13.1. The van der Waals surface area contributed by atoms with Gasteiger partial charge in [-0.2, -0.15) is 0 Å². The third kappa shape index (κ3) is 4.78. The molecule has 0 saturated carbocycles. The summed E-state index contributed by atoms with van der Waals surface area (Å²) in [6, 6.07) is 7.87. The van der Waals surface area contributed by atoms with Crippen molar-refractivity contribution in [3.63, 3.8) is 0 Å². The lowest BCUT2D eigenvalue weighted by Gasteiger charge is -2.39. The lowest BCUT2D eigenvalue weighted by molar-refractivity contribution is -0.144. The second-order valence-electron chi connectivity index (χ2n) is 10.0. The van der Waals surface area contributed by atoms with Crippen LogP contribution >= 0.6 is 0 Å². The number of likely N-dealkylation sites (tertiary alicyclic amines) is 2. The molecule has 0 bridgehead atoms. The van der Waals surface area contributed by atoms with E-state index in [-0.39, 0.29) is 36.0 Å². The first-order chi connectivity index (χ1) is 14.8. The normalized spacial score (nSPS) is 27.6. The molecule has 0 aliphatic carbocycles. The quantitative estimate of drug-likeness (QED) is 0.748. The van der Waals surface area contributed by atoms with E-state index in [1.807, 2.05) is 36.1 Å². The van der Waals surface area contributed by atoms with Crippen LogP contribution in [0.15, 0.2) is 24.3 Å². The molecule has 3 aliphatic heterocycles. The van der Waals surface area contributed by atoms with Crippen LogP contribution in [0.1, 0.15) is 45.1 Å². The molecule has 6 nitrogen and oxygen atoms in total. The smallest absolute Gasteiger partial charge is 0.228 e. The Morgan fingerprint density at radius 2 is 1.42 bits per heavy atom. The summed E-state index contributed by atoms with van der Waals surface area (Å²) in [6.45, 7) is 9.86. The van der Waals surface area contributed by atoms with E-state index in [0.717, 1.165) is 37.2 Å². The SMILES string of the molecule is Cc1ccc(N2C[C@H](C(=O)N3CCC(C(=O)N4C[C@@H](C)C[C@H](C)C4)CC3)CC2=O)cc1. The highest BCUT2D eigenvalue weighted by atomic mass is 16.2. The van der Waals surface area contributed by atoms with Gasteiger partial charge in [-0.25, -0.2) is 0 Å². The molecular formula is C25H35N3O3. The van der Waals surface area contributed by atoms with Crippen LogP contribution in [0.3, 0.4) is 0 Å². The second kappa shape index (κ2) is 9.01. The summed E-state index contributed by atoms with van der Waals surface area (Å²) >= 11 is 0. The zero-order chi connectivity index (χ0) is 22.1. The summed E-state index contributed by atoms with van der Waals surface area (Å²) in [5, 5.41) is 0. The predicted molar refractivity (Wildman–Crippen MR) is 120 cm³/mol. The first-order valence-corrected chi connectivity index (χ1v) is 11.8. The van der Waals surface area contributed by atoms with Crippen molar-refractivity contribution < 1.29 is 14.4 Å². The van der Waals surface area contributed by atoms with Gasteiger partial charge in [0.25, 0.3) is 0 Å². The molecule has 0 unspecified atom stereocenters. The number of hydrogen-bond donors (Lipinski definition) is 0. The second-order valence-corrected chi connectivity index (χ2v) is 10.0. The number of anilines is 1. The Morgan fingerprint density at radius 3 is 2.03 bits per heavy atom. The lowest BCUT2D eigenvalue weighted by Crippen LogP contribution is -2.49. The lowest BCUT2D eigenvalue weighted by atomic mass is 9.89. The molecule has 3 aliphatic rings. The topological polar surface area (TPSA) is 60.9 Å². The van der Waals surface area contributed by atoms with Gasteiger partial charge in [0.05, 0.1) is 5.92 Å². The van der Waals surface area contributed by atoms with E-state index in [1.54, 1.807) is 4.90 Å². The molecule has 1 aromatic carbocycles. The van der Waals surface area contributed by atoms with Crippen molar-refractivity contribution in [3.05, 3.63) is 29.8 Å². The van der Waals surface area contributed by atoms with Crippen LogP contribution in [0.5, 0.6) is 0 Å². The van der Waals surface area contributed by atoms with Gasteiger partial charge in [0.2, 0.25) is 17.7 Å². The van der Waals surface area contributed by atoms with Crippen LogP contribution in [0.25, 0.3) is 0 Å². The van der Waals surface area contributed by atoms with Crippen LogP contribution < -0.4 is 4.90 Å². The molecule has 0 spiro atoms. The third-order valence-corrected chi connectivity index (χ3v) is 7.16. The zero-order valence-corrected chi connectivity index (χ0v) is 19.0. The Bertz CT molecular complexity index is 819. The van der Waals surface area contributed by atoms with E-state index >= 15 is 0 Å². The average molecular weight is 426 g/mol. The molecule has 168 valence electrons. The highest BCUT2D eigenvalue weighted by Gasteiger charge is 2.39. The zero-order valence-electron chi connectivity index (χ0n) is 19.0. The number of benzene rings is 1. The maximum Gasteiger partial charge on any atom is 0.228 e. The molecule has 3 heterocycles. The monoisotopic (exact) mass is 425 g/mol. The predicted octanol–water partition coefficient (Wildman–Crippen LogP) is 3.09. The molecular weight excluding hydrogens is 390 g/mol. The van der Waals surface area contributed by atoms with Crippen LogP contribution in [-0.2, 0) is 14.4 Å². The largest absolute Gasteiger partial charge is 0.342 e. The van der Waals surface area contributed by atoms with Crippen molar-refractivity contribution in [1.29, 1.82) is 0 Å². The van der Waals surface area contributed by atoms with E-state index in [9.17, 15) is 14.4 Å². The Labute approximate surface area is 185 Å². The van der Waals surface area contributed by atoms with E-state index in [4.69, 9.17) is 0 Å². The van der Waals surface area contributed by atoms with Crippen molar-refractivity contribution in [2.75, 3.05) is 37.6 Å². The minimum absolute atomic E-state index is 0.0144. The minimum atomic E-state index is -0.287. The number of hydrogen-bond acceptors (Lipinski definition) is 3. The van der Waals surface area contributed by atoms with E-state index in [2.05, 4.69) is 18.7 Å². The van der Waals surface area contributed by atoms with Gasteiger partial charge < -0.3 is 14.7 Å². The summed E-state index contributed by atoms with van der Waals surface area (Å²) in [6.07, 6.45) is 2.92. The summed E-state index contributed by atoms with van der Waals surface area (Å²) in [4.78, 5) is 44.3. The molecule has 3 amide bonds. The van der Waals surface area contributed by atoms with Gasteiger partial charge in [-0.1, -0.05) is 31.5 Å². The van der Waals surface area contributed by atoms with Gasteiger partial charge in [0, 0.05) is 50.7 Å². The van der Waals surface area contributed by atoms with Crippen molar-refractivity contribution in [3.8, 4) is 0 Å². The van der Waals surface area contributed by atoms with Gasteiger partial charge in [-0.3, -0.25) is 14.4 Å². The Morgan fingerprint density at radius 1 is 0.839 bits per heavy atom. The fraction of sp³-hybridized carbons (Fsp3) is 0.640. The van der Waals surface area contributed by atoms with Gasteiger partial charge in [-0.15, -0.1) is 0 Å². The number of amides is 3. The number of piperidine rings is 2. The molecule has 6 heteroatoms. The summed E-state index contributed by atoms with van der Waals surface area (Å²) < 4.78 is 0. The molecule has 3 saturated heterocycles. The van der Waals surface area contributed by atoms with Gasteiger partial charge >= 0.3 is 0 Å². The molecule has 4 rings (SSSR count). The number of rotatable bonds is 3. The van der Waals surface area contributed by atoms with Crippen LogP contribution in [0, 0.1) is 30.6 Å². The maximum atomic E-state index is 13.1. The molecule has 0 radical (unpaired) electrons. The molecule has 3 fully saturated rings. The Kier molecular flexibility index (Phi) is 6.35. The van der Waals surface area contributed by atoms with Crippen molar-refractivity contribution >= 4 is 23.4 Å². The van der Waals surface area contributed by atoms with Crippen molar-refractivity contribution in [2.24, 2.45) is 23.7 Å². The summed E-state index contributed by atoms with van der Waals surface area (Å²) in [7, 11) is 0. The number of nitrogens with zero attached hydrogens (tertiary/aromatic N) is 3. The van der Waals surface area contributed by atoms with Gasteiger partial charge in [-0.05, 0) is 50.2 Å². The minimum Gasteiger partial charge on any atom is -0.342 e. The average Bonchev–Trinajstić information content (AvgIpc) is 3.14. The summed E-state index contributed by atoms with van der Waals surface area (Å²) in [5.74, 6) is 1.21. The van der Waals surface area contributed by atoms with E-state index in [0.29, 0.717) is 31.5 Å². The summed E-state index contributed by atoms with van der Waals surface area (Å²) in [5.41, 5.74) is 2.01. The van der Waals surface area contributed by atoms with Crippen molar-refractivity contribution in [1.82, 2.24) is 9.80 Å². The van der Waals surface area contributed by atoms with Crippen LogP contribution in [0.4, 0.5) is 5.69 Å².